The molecule has 102 valence electrons. The third-order valence-electron chi connectivity index (χ3n) is 2.88. The number of amides is 1. The molecule has 0 aromatic carbocycles. The van der Waals surface area contributed by atoms with Crippen LogP contribution in [0.4, 0.5) is 0 Å². The average Bonchev–Trinajstić information content (AvgIpc) is 3.02. The van der Waals surface area contributed by atoms with E-state index in [9.17, 15) is 4.79 Å². The van der Waals surface area contributed by atoms with Crippen LogP contribution in [-0.4, -0.2) is 22.6 Å². The first-order chi connectivity index (χ1) is 9.20. The van der Waals surface area contributed by atoms with Gasteiger partial charge in [0.25, 0.3) is 5.91 Å². The molecule has 1 amide bonds. The molecule has 2 aromatic rings. The van der Waals surface area contributed by atoms with E-state index >= 15 is 0 Å². The summed E-state index contributed by atoms with van der Waals surface area (Å²) in [6.45, 7) is 4.70. The Morgan fingerprint density at radius 2 is 2.26 bits per heavy atom. The van der Waals surface area contributed by atoms with Crippen LogP contribution in [0.5, 0.6) is 0 Å². The van der Waals surface area contributed by atoms with E-state index in [-0.39, 0.29) is 5.91 Å². The van der Waals surface area contributed by atoms with Crippen LogP contribution in [0.15, 0.2) is 22.6 Å². The van der Waals surface area contributed by atoms with Crippen molar-refractivity contribution in [2.24, 2.45) is 0 Å². The third-order valence-corrected chi connectivity index (χ3v) is 2.88. The zero-order valence-electron chi connectivity index (χ0n) is 11.3. The molecule has 19 heavy (non-hydrogen) atoms. The largest absolute Gasteiger partial charge is 0.460 e. The van der Waals surface area contributed by atoms with Crippen molar-refractivity contribution in [3.8, 4) is 11.5 Å². The molecular formula is C14H19N3O2. The van der Waals surface area contributed by atoms with Crippen LogP contribution in [0.1, 0.15) is 42.4 Å². The number of aryl methyl sites for hydroxylation is 1. The molecule has 0 bridgehead atoms. The molecule has 2 N–H and O–H groups in total. The lowest BCUT2D eigenvalue weighted by Crippen LogP contribution is -2.24. The fraction of sp³-hybridized carbons (Fsp3) is 0.429. The van der Waals surface area contributed by atoms with Crippen molar-refractivity contribution in [1.82, 2.24) is 15.5 Å². The smallest absolute Gasteiger partial charge is 0.271 e. The van der Waals surface area contributed by atoms with Gasteiger partial charge < -0.3 is 9.73 Å². The standard InChI is InChI=1S/C14H19N3O2/c1-3-4-5-8-15-14(18)12-9-11(16-17-12)13-7-6-10(2)19-13/h6-7,9H,3-5,8H2,1-2H3,(H,15,18)(H,16,17). The molecule has 0 aliphatic heterocycles. The summed E-state index contributed by atoms with van der Waals surface area (Å²) in [6, 6.07) is 5.43. The summed E-state index contributed by atoms with van der Waals surface area (Å²) in [4.78, 5) is 11.8. The minimum absolute atomic E-state index is 0.151. The van der Waals surface area contributed by atoms with Gasteiger partial charge in [-0.15, -0.1) is 0 Å². The number of carbonyl (C=O) groups is 1. The first-order valence-electron chi connectivity index (χ1n) is 6.61. The molecule has 0 atom stereocenters. The van der Waals surface area contributed by atoms with Crippen molar-refractivity contribution in [1.29, 1.82) is 0 Å². The number of nitrogens with zero attached hydrogens (tertiary/aromatic N) is 1. The fourth-order valence-electron chi connectivity index (χ4n) is 1.81. The van der Waals surface area contributed by atoms with Crippen LogP contribution in [-0.2, 0) is 0 Å². The van der Waals surface area contributed by atoms with Gasteiger partial charge in [-0.3, -0.25) is 9.89 Å². The van der Waals surface area contributed by atoms with Crippen LogP contribution in [0.25, 0.3) is 11.5 Å². The molecule has 0 aliphatic rings. The van der Waals surface area contributed by atoms with Gasteiger partial charge in [0.15, 0.2) is 11.5 Å². The molecule has 0 unspecified atom stereocenters. The highest BCUT2D eigenvalue weighted by atomic mass is 16.3. The van der Waals surface area contributed by atoms with Crippen LogP contribution in [0.2, 0.25) is 0 Å². The summed E-state index contributed by atoms with van der Waals surface area (Å²) in [7, 11) is 0. The quantitative estimate of drug-likeness (QED) is 0.785. The summed E-state index contributed by atoms with van der Waals surface area (Å²) in [5.41, 5.74) is 1.10. The maximum atomic E-state index is 11.8. The lowest BCUT2D eigenvalue weighted by Gasteiger charge is -2.01. The van der Waals surface area contributed by atoms with Gasteiger partial charge in [0.05, 0.1) is 0 Å². The molecule has 2 aromatic heterocycles. The Kier molecular flexibility index (Phi) is 4.39. The minimum atomic E-state index is -0.151. The molecule has 0 fully saturated rings. The van der Waals surface area contributed by atoms with Gasteiger partial charge in [0.2, 0.25) is 0 Å². The highest BCUT2D eigenvalue weighted by Crippen LogP contribution is 2.20. The van der Waals surface area contributed by atoms with E-state index in [1.807, 2.05) is 19.1 Å². The van der Waals surface area contributed by atoms with E-state index in [4.69, 9.17) is 4.42 Å². The summed E-state index contributed by atoms with van der Waals surface area (Å²) >= 11 is 0. The second-order valence-corrected chi connectivity index (χ2v) is 4.54. The molecule has 2 heterocycles. The van der Waals surface area contributed by atoms with Gasteiger partial charge in [-0.05, 0) is 25.5 Å². The zero-order valence-corrected chi connectivity index (χ0v) is 11.3. The number of carbonyl (C=O) groups excluding carboxylic acids is 1. The Morgan fingerprint density at radius 1 is 1.42 bits per heavy atom. The van der Waals surface area contributed by atoms with Gasteiger partial charge in [-0.25, -0.2) is 0 Å². The zero-order chi connectivity index (χ0) is 13.7. The maximum absolute atomic E-state index is 11.8. The first-order valence-corrected chi connectivity index (χ1v) is 6.61. The molecule has 5 nitrogen and oxygen atoms in total. The number of aromatic amines is 1. The van der Waals surface area contributed by atoms with E-state index < -0.39 is 0 Å². The molecule has 2 rings (SSSR count). The number of furan rings is 1. The van der Waals surface area contributed by atoms with E-state index in [0.717, 1.165) is 25.0 Å². The number of unbranched alkanes of at least 4 members (excludes halogenated alkanes) is 2. The van der Waals surface area contributed by atoms with Crippen molar-refractivity contribution in [3.63, 3.8) is 0 Å². The SMILES string of the molecule is CCCCCNC(=O)c1cc(-c2ccc(C)o2)[nH]n1. The Hall–Kier alpha value is -2.04. The Bertz CT molecular complexity index is 542. The monoisotopic (exact) mass is 261 g/mol. The maximum Gasteiger partial charge on any atom is 0.271 e. The van der Waals surface area contributed by atoms with Crippen molar-refractivity contribution in [3.05, 3.63) is 29.7 Å². The van der Waals surface area contributed by atoms with Crippen molar-refractivity contribution < 1.29 is 9.21 Å². The average molecular weight is 261 g/mol. The van der Waals surface area contributed by atoms with Crippen molar-refractivity contribution in [2.45, 2.75) is 33.1 Å². The molecule has 0 radical (unpaired) electrons. The molecule has 0 spiro atoms. The summed E-state index contributed by atoms with van der Waals surface area (Å²) in [5, 5.41) is 9.67. The molecule has 0 saturated heterocycles. The Morgan fingerprint density at radius 3 is 2.95 bits per heavy atom. The van der Waals surface area contributed by atoms with E-state index in [0.29, 0.717) is 23.7 Å². The molecule has 0 aliphatic carbocycles. The topological polar surface area (TPSA) is 70.9 Å². The lowest BCUT2D eigenvalue weighted by molar-refractivity contribution is 0.0948. The highest BCUT2D eigenvalue weighted by molar-refractivity contribution is 5.93. The van der Waals surface area contributed by atoms with Crippen molar-refractivity contribution in [2.75, 3.05) is 6.54 Å². The van der Waals surface area contributed by atoms with Gasteiger partial charge in [-0.1, -0.05) is 19.8 Å². The summed E-state index contributed by atoms with van der Waals surface area (Å²) < 4.78 is 5.47. The van der Waals surface area contributed by atoms with Crippen LogP contribution in [0.3, 0.4) is 0 Å². The predicted octanol–water partition coefficient (Wildman–Crippen LogP) is 2.90. The first kappa shape index (κ1) is 13.4. The Balaban J connectivity index is 1.95. The van der Waals surface area contributed by atoms with Gasteiger partial charge in [0, 0.05) is 12.6 Å². The molecular weight excluding hydrogens is 242 g/mol. The van der Waals surface area contributed by atoms with Gasteiger partial charge >= 0.3 is 0 Å². The third kappa shape index (κ3) is 3.47. The fourth-order valence-corrected chi connectivity index (χ4v) is 1.81. The van der Waals surface area contributed by atoms with E-state index in [2.05, 4.69) is 22.4 Å². The lowest BCUT2D eigenvalue weighted by atomic mass is 10.2. The van der Waals surface area contributed by atoms with E-state index in [1.54, 1.807) is 6.07 Å². The van der Waals surface area contributed by atoms with Crippen LogP contribution in [0, 0.1) is 6.92 Å². The number of H-pyrrole nitrogens is 1. The predicted molar refractivity (Wildman–Crippen MR) is 72.9 cm³/mol. The normalized spacial score (nSPS) is 10.6. The number of hydrogen-bond donors (Lipinski definition) is 2. The summed E-state index contributed by atoms with van der Waals surface area (Å²) in [5.74, 6) is 1.37. The van der Waals surface area contributed by atoms with Crippen molar-refractivity contribution >= 4 is 5.91 Å². The van der Waals surface area contributed by atoms with E-state index in [1.165, 1.54) is 0 Å². The minimum Gasteiger partial charge on any atom is -0.460 e. The molecule has 0 saturated carbocycles. The second kappa shape index (κ2) is 6.22. The van der Waals surface area contributed by atoms with Crippen LogP contribution < -0.4 is 5.32 Å². The molecule has 5 heteroatoms. The Labute approximate surface area is 112 Å². The second-order valence-electron chi connectivity index (χ2n) is 4.54. The van der Waals surface area contributed by atoms with Gasteiger partial charge in [0.1, 0.15) is 11.5 Å². The van der Waals surface area contributed by atoms with Gasteiger partial charge in [-0.2, -0.15) is 5.10 Å². The number of aromatic nitrogens is 2. The highest BCUT2D eigenvalue weighted by Gasteiger charge is 2.12. The number of hydrogen-bond acceptors (Lipinski definition) is 3. The summed E-state index contributed by atoms with van der Waals surface area (Å²) in [6.07, 6.45) is 3.26. The number of nitrogens with one attached hydrogen (secondary N) is 2. The van der Waals surface area contributed by atoms with Crippen LogP contribution >= 0.6 is 0 Å². The number of rotatable bonds is 6.